The minimum Gasteiger partial charge on any atom is -0.358 e. The van der Waals surface area contributed by atoms with Gasteiger partial charge < -0.3 is 10.7 Å². The summed E-state index contributed by atoms with van der Waals surface area (Å²) in [5, 5.41) is 1.34. The Labute approximate surface area is 144 Å². The zero-order valence-corrected chi connectivity index (χ0v) is 14.4. The maximum atomic E-state index is 6.18. The first-order valence-corrected chi connectivity index (χ1v) is 9.14. The molecule has 1 aliphatic carbocycles. The van der Waals surface area contributed by atoms with E-state index in [1.54, 1.807) is 11.1 Å². The zero-order chi connectivity index (χ0) is 16.5. The normalized spacial score (nSPS) is 15.4. The Kier molecular flexibility index (Phi) is 4.15. The summed E-state index contributed by atoms with van der Waals surface area (Å²) < 4.78 is 0. The minimum atomic E-state index is 0.384. The van der Waals surface area contributed by atoms with Crippen molar-refractivity contribution < 1.29 is 0 Å². The highest BCUT2D eigenvalue weighted by Gasteiger charge is 2.18. The van der Waals surface area contributed by atoms with Gasteiger partial charge in [0.25, 0.3) is 0 Å². The van der Waals surface area contributed by atoms with Gasteiger partial charge in [-0.1, -0.05) is 36.4 Å². The first-order chi connectivity index (χ1) is 11.8. The molecule has 0 spiro atoms. The van der Waals surface area contributed by atoms with E-state index < -0.39 is 0 Å². The monoisotopic (exact) mass is 318 g/mol. The molecule has 0 aliphatic heterocycles. The molecule has 4 rings (SSSR count). The van der Waals surface area contributed by atoms with Crippen LogP contribution >= 0.6 is 0 Å². The van der Waals surface area contributed by atoms with E-state index in [2.05, 4.69) is 54.4 Å². The van der Waals surface area contributed by atoms with Gasteiger partial charge in [0.15, 0.2) is 0 Å². The summed E-state index contributed by atoms with van der Waals surface area (Å²) >= 11 is 0. The minimum absolute atomic E-state index is 0.384. The smallest absolute Gasteiger partial charge is 0.0458 e. The van der Waals surface area contributed by atoms with Gasteiger partial charge in [-0.15, -0.1) is 0 Å². The molecule has 1 unspecified atom stereocenters. The lowest BCUT2D eigenvalue weighted by Gasteiger charge is -2.21. The van der Waals surface area contributed by atoms with E-state index in [1.165, 1.54) is 53.4 Å². The molecule has 2 aromatic carbocycles. The molecule has 2 nitrogen and oxygen atoms in total. The molecular formula is C22H26N2. The number of para-hydroxylation sites is 1. The van der Waals surface area contributed by atoms with Crippen molar-refractivity contribution in [2.24, 2.45) is 5.73 Å². The van der Waals surface area contributed by atoms with Gasteiger partial charge in [-0.3, -0.25) is 0 Å². The Bertz CT molecular complexity index is 860. The Hall–Kier alpha value is -2.06. The summed E-state index contributed by atoms with van der Waals surface area (Å²) in [6.07, 6.45) is 6.13. The molecule has 0 amide bonds. The van der Waals surface area contributed by atoms with Crippen LogP contribution in [-0.4, -0.2) is 11.5 Å². The van der Waals surface area contributed by atoms with E-state index in [-0.39, 0.29) is 0 Å². The van der Waals surface area contributed by atoms with Crippen molar-refractivity contribution in [2.75, 3.05) is 6.54 Å². The summed E-state index contributed by atoms with van der Waals surface area (Å²) in [6, 6.07) is 15.7. The van der Waals surface area contributed by atoms with E-state index in [0.717, 1.165) is 6.42 Å². The van der Waals surface area contributed by atoms with E-state index >= 15 is 0 Å². The van der Waals surface area contributed by atoms with Crippen LogP contribution < -0.4 is 5.73 Å². The number of H-pyrrole nitrogens is 1. The number of fused-ring (bicyclic) bond motifs is 2. The molecule has 0 radical (unpaired) electrons. The number of hydrogen-bond acceptors (Lipinski definition) is 1. The Morgan fingerprint density at radius 1 is 1.04 bits per heavy atom. The largest absolute Gasteiger partial charge is 0.358 e. The van der Waals surface area contributed by atoms with Crippen LogP contribution in [0.3, 0.4) is 0 Å². The van der Waals surface area contributed by atoms with Crippen LogP contribution in [0.25, 0.3) is 10.9 Å². The van der Waals surface area contributed by atoms with Crippen LogP contribution in [0.2, 0.25) is 0 Å². The van der Waals surface area contributed by atoms with Crippen molar-refractivity contribution in [3.63, 3.8) is 0 Å². The van der Waals surface area contributed by atoms with Crippen molar-refractivity contribution in [3.8, 4) is 0 Å². The van der Waals surface area contributed by atoms with E-state index in [0.29, 0.717) is 12.5 Å². The Morgan fingerprint density at radius 3 is 2.67 bits per heavy atom. The lowest BCUT2D eigenvalue weighted by atomic mass is 9.85. The van der Waals surface area contributed by atoms with Gasteiger partial charge in [0.2, 0.25) is 0 Å². The zero-order valence-electron chi connectivity index (χ0n) is 14.4. The second kappa shape index (κ2) is 6.45. The fourth-order valence-electron chi connectivity index (χ4n) is 4.19. The number of nitrogens with two attached hydrogens (primary N) is 1. The van der Waals surface area contributed by atoms with Gasteiger partial charge in [-0.25, -0.2) is 0 Å². The molecule has 1 aliphatic rings. The molecule has 0 saturated heterocycles. The van der Waals surface area contributed by atoms with E-state index in [1.807, 2.05) is 0 Å². The van der Waals surface area contributed by atoms with Crippen LogP contribution in [0.1, 0.15) is 46.7 Å². The first kappa shape index (κ1) is 15.5. The number of aromatic nitrogens is 1. The van der Waals surface area contributed by atoms with Crippen LogP contribution in [0.15, 0.2) is 42.5 Å². The topological polar surface area (TPSA) is 41.8 Å². The number of hydrogen-bond donors (Lipinski definition) is 2. The predicted molar refractivity (Wildman–Crippen MR) is 102 cm³/mol. The van der Waals surface area contributed by atoms with Gasteiger partial charge in [0.1, 0.15) is 0 Å². The quantitative estimate of drug-likeness (QED) is 0.723. The third kappa shape index (κ3) is 2.76. The average molecular weight is 318 g/mol. The summed E-state index contributed by atoms with van der Waals surface area (Å²) in [5.74, 6) is 0.384. The highest BCUT2D eigenvalue weighted by atomic mass is 14.7. The molecule has 124 valence electrons. The van der Waals surface area contributed by atoms with E-state index in [4.69, 9.17) is 5.73 Å². The number of benzene rings is 2. The first-order valence-electron chi connectivity index (χ1n) is 9.14. The van der Waals surface area contributed by atoms with Crippen LogP contribution in [0.4, 0.5) is 0 Å². The van der Waals surface area contributed by atoms with Crippen molar-refractivity contribution in [3.05, 3.63) is 70.4 Å². The lowest BCUT2D eigenvalue weighted by molar-refractivity contribution is 0.668. The highest BCUT2D eigenvalue weighted by Crippen LogP contribution is 2.30. The molecule has 0 bridgehead atoms. The van der Waals surface area contributed by atoms with Crippen molar-refractivity contribution >= 4 is 10.9 Å². The molecule has 24 heavy (non-hydrogen) atoms. The van der Waals surface area contributed by atoms with Crippen molar-refractivity contribution in [1.29, 1.82) is 0 Å². The van der Waals surface area contributed by atoms with Crippen LogP contribution in [0, 0.1) is 6.92 Å². The molecule has 3 aromatic rings. The third-order valence-electron chi connectivity index (χ3n) is 5.61. The van der Waals surface area contributed by atoms with Gasteiger partial charge in [-0.05, 0) is 73.9 Å². The molecular weight excluding hydrogens is 292 g/mol. The Morgan fingerprint density at radius 2 is 1.83 bits per heavy atom. The highest BCUT2D eigenvalue weighted by molar-refractivity contribution is 5.84. The lowest BCUT2D eigenvalue weighted by Crippen LogP contribution is -2.16. The van der Waals surface area contributed by atoms with Crippen LogP contribution in [-0.2, 0) is 19.3 Å². The van der Waals surface area contributed by atoms with Crippen molar-refractivity contribution in [2.45, 2.75) is 44.9 Å². The van der Waals surface area contributed by atoms with Gasteiger partial charge in [-0.2, -0.15) is 0 Å². The third-order valence-corrected chi connectivity index (χ3v) is 5.61. The number of rotatable bonds is 4. The number of aromatic amines is 1. The molecule has 2 heteroatoms. The predicted octanol–water partition coefficient (Wildman–Crippen LogP) is 4.64. The molecule has 1 atom stereocenters. The second-order valence-electron chi connectivity index (χ2n) is 7.15. The molecule has 1 aromatic heterocycles. The number of nitrogens with one attached hydrogen (secondary N) is 1. The van der Waals surface area contributed by atoms with Gasteiger partial charge in [0, 0.05) is 22.5 Å². The van der Waals surface area contributed by atoms with Crippen molar-refractivity contribution in [1.82, 2.24) is 4.98 Å². The fourth-order valence-corrected chi connectivity index (χ4v) is 4.19. The van der Waals surface area contributed by atoms with E-state index in [9.17, 15) is 0 Å². The maximum Gasteiger partial charge on any atom is 0.0458 e. The fraction of sp³-hybridized carbons (Fsp3) is 0.364. The summed E-state index contributed by atoms with van der Waals surface area (Å²) in [4.78, 5) is 3.52. The van der Waals surface area contributed by atoms with Gasteiger partial charge >= 0.3 is 0 Å². The van der Waals surface area contributed by atoms with Crippen LogP contribution in [0.5, 0.6) is 0 Å². The summed E-state index contributed by atoms with van der Waals surface area (Å²) in [5.41, 5.74) is 14.6. The molecule has 0 fully saturated rings. The SMILES string of the molecule is Cc1[nH]c2ccccc2c1CC(CN)c1ccc2c(c1)CCCC2. The summed E-state index contributed by atoms with van der Waals surface area (Å²) in [6.45, 7) is 2.87. The molecule has 1 heterocycles. The molecule has 3 N–H and O–H groups in total. The second-order valence-corrected chi connectivity index (χ2v) is 7.15. The average Bonchev–Trinajstić information content (AvgIpc) is 2.94. The Balaban J connectivity index is 1.67. The maximum absolute atomic E-state index is 6.18. The molecule has 0 saturated carbocycles. The number of aryl methyl sites for hydroxylation is 3. The standard InChI is InChI=1S/C22H26N2/c1-15-21(20-8-4-5-9-22(20)24-15)13-19(14-23)18-11-10-16-6-2-3-7-17(16)12-18/h4-5,8-12,19,24H,2-3,6-7,13-14,23H2,1H3. The summed E-state index contributed by atoms with van der Waals surface area (Å²) in [7, 11) is 0. The van der Waals surface area contributed by atoms with Gasteiger partial charge in [0.05, 0.1) is 0 Å².